The lowest BCUT2D eigenvalue weighted by Gasteiger charge is -2.41. The molecule has 2 heterocycles. The maximum Gasteiger partial charge on any atom is 0.306 e. The van der Waals surface area contributed by atoms with Gasteiger partial charge in [0.25, 0.3) is 0 Å². The number of ether oxygens (including phenoxy) is 3. The minimum atomic E-state index is -0.626. The van der Waals surface area contributed by atoms with Crippen LogP contribution in [0.2, 0.25) is 0 Å². The number of methoxy groups -OCH3 is 2. The number of likely N-dealkylation sites (N-methyl/N-ethyl adjacent to an activating group) is 2. The summed E-state index contributed by atoms with van der Waals surface area (Å²) in [6.07, 6.45) is 4.26. The van der Waals surface area contributed by atoms with Gasteiger partial charge in [-0.05, 0) is 83.4 Å². The van der Waals surface area contributed by atoms with Gasteiger partial charge >= 0.3 is 5.97 Å². The molecule has 0 saturated carbocycles. The largest absolute Gasteiger partial charge is 0.460 e. The molecular formula is C50H81N5O8S. The second-order valence-electron chi connectivity index (χ2n) is 19.6. The fourth-order valence-electron chi connectivity index (χ4n) is 9.40. The predicted molar refractivity (Wildman–Crippen MR) is 254 cm³/mol. The number of hydrogen-bond donors (Lipinski definition) is 1. The SMILES string of the molecule is CC[C@H](C)[C@@H]([C@@H](CC(=O)N1CCC[C@H]1[C@H](OC)[C@@H](C)C(=O)N[C@@H](Cc1ccccc1)c1nccs1)OC)N(C)C(=O)[C@@H](CC(=O)[C@H](C(C)C)N(C)CCCC(=O)OC(C)(C)C)C(C)C. The summed E-state index contributed by atoms with van der Waals surface area (Å²) < 4.78 is 17.7. The quantitative estimate of drug-likeness (QED) is 0.0929. The first-order chi connectivity index (χ1) is 30.1. The van der Waals surface area contributed by atoms with E-state index >= 15 is 0 Å². The second-order valence-corrected chi connectivity index (χ2v) is 20.5. The van der Waals surface area contributed by atoms with Crippen LogP contribution in [-0.4, -0.2) is 126 Å². The zero-order chi connectivity index (χ0) is 47.9. The number of hydrogen-bond acceptors (Lipinski definition) is 11. The molecule has 3 amide bonds. The number of rotatable bonds is 26. The molecule has 360 valence electrons. The van der Waals surface area contributed by atoms with E-state index in [4.69, 9.17) is 14.2 Å². The van der Waals surface area contributed by atoms with Crippen LogP contribution in [0.3, 0.4) is 0 Å². The minimum absolute atomic E-state index is 0.0130. The van der Waals surface area contributed by atoms with E-state index in [9.17, 15) is 24.0 Å². The van der Waals surface area contributed by atoms with Gasteiger partial charge in [0.2, 0.25) is 17.7 Å². The first-order valence-electron chi connectivity index (χ1n) is 23.5. The lowest BCUT2D eigenvalue weighted by Crippen LogP contribution is -2.54. The molecule has 1 aliphatic rings. The summed E-state index contributed by atoms with van der Waals surface area (Å²) in [5.41, 5.74) is 0.530. The van der Waals surface area contributed by atoms with Crippen molar-refractivity contribution in [2.45, 2.75) is 163 Å². The number of carbonyl (C=O) groups is 5. The lowest BCUT2D eigenvalue weighted by molar-refractivity contribution is -0.155. The van der Waals surface area contributed by atoms with Gasteiger partial charge in [0.05, 0.1) is 48.7 Å². The van der Waals surface area contributed by atoms with Gasteiger partial charge in [0.1, 0.15) is 10.6 Å². The van der Waals surface area contributed by atoms with Crippen molar-refractivity contribution in [2.24, 2.45) is 29.6 Å². The number of aromatic nitrogens is 1. The number of esters is 1. The van der Waals surface area contributed by atoms with Crippen molar-refractivity contribution in [3.8, 4) is 0 Å². The Morgan fingerprint density at radius 2 is 1.62 bits per heavy atom. The number of Topliss-reactive ketones (excluding diaryl/α,β-unsaturated/α-hetero) is 1. The molecular weight excluding hydrogens is 831 g/mol. The maximum absolute atomic E-state index is 14.6. The van der Waals surface area contributed by atoms with Crippen molar-refractivity contribution in [1.82, 2.24) is 25.0 Å². The van der Waals surface area contributed by atoms with Crippen molar-refractivity contribution >= 4 is 40.8 Å². The Balaban J connectivity index is 1.76. The molecule has 0 bridgehead atoms. The van der Waals surface area contributed by atoms with E-state index in [-0.39, 0.29) is 78.6 Å². The summed E-state index contributed by atoms with van der Waals surface area (Å²) in [7, 11) is 6.85. The van der Waals surface area contributed by atoms with Crippen molar-refractivity contribution in [3.63, 3.8) is 0 Å². The van der Waals surface area contributed by atoms with E-state index in [1.165, 1.54) is 11.3 Å². The van der Waals surface area contributed by atoms with Gasteiger partial charge in [-0.1, -0.05) is 85.2 Å². The van der Waals surface area contributed by atoms with Gasteiger partial charge < -0.3 is 29.3 Å². The molecule has 0 radical (unpaired) electrons. The first kappa shape index (κ1) is 54.6. The van der Waals surface area contributed by atoms with Crippen LogP contribution < -0.4 is 5.32 Å². The van der Waals surface area contributed by atoms with Crippen LogP contribution in [-0.2, 0) is 44.6 Å². The van der Waals surface area contributed by atoms with Crippen LogP contribution in [0.15, 0.2) is 41.9 Å². The molecule has 1 N–H and O–H groups in total. The molecule has 1 aromatic carbocycles. The summed E-state index contributed by atoms with van der Waals surface area (Å²) >= 11 is 1.50. The third-order valence-electron chi connectivity index (χ3n) is 12.9. The molecule has 3 rings (SSSR count). The Kier molecular flexibility index (Phi) is 22.0. The first-order valence-corrected chi connectivity index (χ1v) is 24.3. The number of ketones is 1. The fourth-order valence-corrected chi connectivity index (χ4v) is 10.1. The van der Waals surface area contributed by atoms with Crippen LogP contribution in [0.25, 0.3) is 0 Å². The number of thiazole rings is 1. The Bertz CT molecular complexity index is 1750. The molecule has 64 heavy (non-hydrogen) atoms. The highest BCUT2D eigenvalue weighted by atomic mass is 32.1. The van der Waals surface area contributed by atoms with Gasteiger partial charge in [-0.3, -0.25) is 28.9 Å². The molecule has 9 atom stereocenters. The molecule has 0 spiro atoms. The third-order valence-corrected chi connectivity index (χ3v) is 13.8. The number of benzene rings is 1. The molecule has 1 fully saturated rings. The molecule has 0 unspecified atom stereocenters. The van der Waals surface area contributed by atoms with Gasteiger partial charge in [0.15, 0.2) is 5.78 Å². The molecule has 2 aromatic rings. The summed E-state index contributed by atoms with van der Waals surface area (Å²) in [5, 5.41) is 5.97. The van der Waals surface area contributed by atoms with Gasteiger partial charge in [-0.2, -0.15) is 0 Å². The van der Waals surface area contributed by atoms with Crippen LogP contribution >= 0.6 is 11.3 Å². The average molecular weight is 912 g/mol. The van der Waals surface area contributed by atoms with Crippen LogP contribution in [0.1, 0.15) is 131 Å². The van der Waals surface area contributed by atoms with Crippen molar-refractivity contribution in [1.29, 1.82) is 0 Å². The highest BCUT2D eigenvalue weighted by molar-refractivity contribution is 7.09. The van der Waals surface area contributed by atoms with Gasteiger partial charge in [-0.15, -0.1) is 11.3 Å². The zero-order valence-electron chi connectivity index (χ0n) is 41.4. The van der Waals surface area contributed by atoms with Gasteiger partial charge in [0, 0.05) is 58.1 Å². The monoisotopic (exact) mass is 912 g/mol. The standard InChI is InChI=1S/C50H81N5O8S/c1-15-34(6)45(54(12)49(60)37(32(2)3)30-40(56)44(33(4)5)53(11)26-20-24-43(58)63-50(8,9)10)41(61-13)31-42(57)55-27-19-23-39(55)46(62-14)35(7)47(59)52-38(48-51-25-28-64-48)29-36-21-17-16-18-22-36/h16-18,21-22,25,28,32-35,37-39,41,44-46H,15,19-20,23-24,26-27,29-31H2,1-14H3,(H,52,59)/t34-,35+,37-,38-,39-,41+,44-,45-,46+/m0/s1. The number of amides is 3. The Morgan fingerprint density at radius 3 is 2.17 bits per heavy atom. The topological polar surface area (TPSA) is 148 Å². The number of nitrogens with zero attached hydrogens (tertiary/aromatic N) is 4. The summed E-state index contributed by atoms with van der Waals surface area (Å²) in [5.74, 6) is -2.05. The normalized spacial score (nSPS) is 18.3. The molecule has 1 aromatic heterocycles. The molecule has 1 saturated heterocycles. The Labute approximate surface area is 388 Å². The molecule has 13 nitrogen and oxygen atoms in total. The van der Waals surface area contributed by atoms with E-state index in [1.54, 1.807) is 32.4 Å². The minimum Gasteiger partial charge on any atom is -0.460 e. The molecule has 1 aliphatic heterocycles. The summed E-state index contributed by atoms with van der Waals surface area (Å²) in [6.45, 7) is 20.5. The van der Waals surface area contributed by atoms with E-state index in [0.717, 1.165) is 23.4 Å². The number of carbonyl (C=O) groups excluding carboxylic acids is 5. The summed E-state index contributed by atoms with van der Waals surface area (Å²) in [4.78, 5) is 79.7. The predicted octanol–water partition coefficient (Wildman–Crippen LogP) is 7.77. The summed E-state index contributed by atoms with van der Waals surface area (Å²) in [6, 6.07) is 8.48. The van der Waals surface area contributed by atoms with Crippen molar-refractivity contribution in [2.75, 3.05) is 41.4 Å². The maximum atomic E-state index is 14.6. The van der Waals surface area contributed by atoms with Crippen molar-refractivity contribution in [3.05, 3.63) is 52.5 Å². The van der Waals surface area contributed by atoms with Crippen LogP contribution in [0, 0.1) is 29.6 Å². The van der Waals surface area contributed by atoms with E-state index in [2.05, 4.69) is 24.1 Å². The number of likely N-dealkylation sites (tertiary alicyclic amines) is 1. The fraction of sp³-hybridized carbons (Fsp3) is 0.720. The van der Waals surface area contributed by atoms with Crippen LogP contribution in [0.4, 0.5) is 0 Å². The Hall–Kier alpha value is -3.72. The highest BCUT2D eigenvalue weighted by Crippen LogP contribution is 2.32. The van der Waals surface area contributed by atoms with Crippen molar-refractivity contribution < 1.29 is 38.2 Å². The molecule has 14 heteroatoms. The zero-order valence-corrected chi connectivity index (χ0v) is 42.2. The van der Waals surface area contributed by atoms with Gasteiger partial charge in [-0.25, -0.2) is 4.98 Å². The molecule has 0 aliphatic carbocycles. The lowest BCUT2D eigenvalue weighted by atomic mass is 9.83. The van der Waals surface area contributed by atoms with E-state index in [1.807, 2.05) is 108 Å². The van der Waals surface area contributed by atoms with E-state index in [0.29, 0.717) is 32.4 Å². The second kappa shape index (κ2) is 25.8. The van der Waals surface area contributed by atoms with E-state index < -0.39 is 41.7 Å². The smallest absolute Gasteiger partial charge is 0.306 e. The number of nitrogens with one attached hydrogen (secondary N) is 1. The highest BCUT2D eigenvalue weighted by Gasteiger charge is 2.43. The third kappa shape index (κ3) is 15.7. The average Bonchev–Trinajstić information content (AvgIpc) is 3.95. The van der Waals surface area contributed by atoms with Crippen LogP contribution in [0.5, 0.6) is 0 Å². The Morgan fingerprint density at radius 1 is 0.953 bits per heavy atom.